The van der Waals surface area contributed by atoms with Gasteiger partial charge in [-0.3, -0.25) is 9.59 Å². The zero-order valence-electron chi connectivity index (χ0n) is 12.7. The van der Waals surface area contributed by atoms with Gasteiger partial charge < -0.3 is 10.6 Å². The molecule has 4 nitrogen and oxygen atoms in total. The van der Waals surface area contributed by atoms with Crippen molar-refractivity contribution in [2.45, 2.75) is 11.8 Å². The summed E-state index contributed by atoms with van der Waals surface area (Å²) in [5.74, 6) is -15.4. The van der Waals surface area contributed by atoms with Gasteiger partial charge in [-0.15, -0.1) is 0 Å². The molecule has 0 spiro atoms. The molecule has 0 unspecified atom stereocenters. The molecule has 2 aromatic carbocycles. The highest BCUT2D eigenvalue weighted by Gasteiger charge is 2.67. The first-order valence-corrected chi connectivity index (χ1v) is 7.69. The lowest BCUT2D eigenvalue weighted by Gasteiger charge is -2.24. The fourth-order valence-electron chi connectivity index (χ4n) is 1.84. The van der Waals surface area contributed by atoms with Crippen molar-refractivity contribution in [3.8, 4) is 0 Å². The predicted octanol–water partition coefficient (Wildman–Crippen LogP) is 4.84. The van der Waals surface area contributed by atoms with E-state index in [0.717, 1.165) is 12.1 Å². The Morgan fingerprint density at radius 1 is 0.731 bits per heavy atom. The van der Waals surface area contributed by atoms with Crippen LogP contribution in [0.5, 0.6) is 0 Å². The number of rotatable bonds is 5. The third-order valence-electron chi connectivity index (χ3n) is 3.13. The van der Waals surface area contributed by atoms with Crippen molar-refractivity contribution >= 4 is 46.4 Å². The van der Waals surface area contributed by atoms with E-state index in [1.807, 2.05) is 0 Å². The minimum Gasteiger partial charge on any atom is -0.321 e. The maximum absolute atomic E-state index is 13.9. The van der Waals surface area contributed by atoms with Gasteiger partial charge in [0.1, 0.15) is 0 Å². The minimum absolute atomic E-state index is 0.0941. The first-order chi connectivity index (χ1) is 12.0. The van der Waals surface area contributed by atoms with Crippen molar-refractivity contribution in [2.75, 3.05) is 10.6 Å². The summed E-state index contributed by atoms with van der Waals surface area (Å²) in [5, 5.41) is 3.39. The van der Waals surface area contributed by atoms with Gasteiger partial charge in [-0.2, -0.15) is 17.6 Å². The standard InChI is InChI=1S/C16H10Cl2F4N2O2/c17-9-3-1-5-11(7-9)23-13(25)15(19,20)16(21,22)14(26)24-12-6-2-4-10(18)8-12/h1-8H,(H,23,25)(H,24,26). The van der Waals surface area contributed by atoms with Gasteiger partial charge in [0.15, 0.2) is 0 Å². The third-order valence-corrected chi connectivity index (χ3v) is 3.60. The van der Waals surface area contributed by atoms with E-state index in [1.165, 1.54) is 36.4 Å². The van der Waals surface area contributed by atoms with Crippen molar-refractivity contribution in [1.82, 2.24) is 0 Å². The topological polar surface area (TPSA) is 58.2 Å². The van der Waals surface area contributed by atoms with Crippen molar-refractivity contribution < 1.29 is 27.2 Å². The van der Waals surface area contributed by atoms with Crippen LogP contribution in [0.15, 0.2) is 48.5 Å². The molecule has 2 N–H and O–H groups in total. The van der Waals surface area contributed by atoms with Crippen LogP contribution in [-0.2, 0) is 9.59 Å². The Labute approximate surface area is 155 Å². The quantitative estimate of drug-likeness (QED) is 0.695. The van der Waals surface area contributed by atoms with E-state index in [9.17, 15) is 27.2 Å². The van der Waals surface area contributed by atoms with Gasteiger partial charge in [0.25, 0.3) is 0 Å². The van der Waals surface area contributed by atoms with Crippen LogP contribution < -0.4 is 10.6 Å². The molecule has 0 aliphatic carbocycles. The van der Waals surface area contributed by atoms with E-state index in [2.05, 4.69) is 0 Å². The monoisotopic (exact) mass is 408 g/mol. The van der Waals surface area contributed by atoms with Crippen molar-refractivity contribution in [1.29, 1.82) is 0 Å². The molecule has 0 radical (unpaired) electrons. The van der Waals surface area contributed by atoms with Crippen LogP contribution in [-0.4, -0.2) is 23.7 Å². The molecule has 0 fully saturated rings. The molecule has 26 heavy (non-hydrogen) atoms. The van der Waals surface area contributed by atoms with Gasteiger partial charge in [0.2, 0.25) is 0 Å². The summed E-state index contributed by atoms with van der Waals surface area (Å²) in [6.45, 7) is 0. The highest BCUT2D eigenvalue weighted by Crippen LogP contribution is 2.36. The summed E-state index contributed by atoms with van der Waals surface area (Å²) in [5.41, 5.74) is -0.457. The van der Waals surface area contributed by atoms with Crippen molar-refractivity contribution in [3.05, 3.63) is 58.6 Å². The second-order valence-corrected chi connectivity index (χ2v) is 5.95. The van der Waals surface area contributed by atoms with E-state index < -0.39 is 23.7 Å². The van der Waals surface area contributed by atoms with Crippen molar-refractivity contribution in [2.24, 2.45) is 0 Å². The Bertz CT molecular complexity index is 777. The smallest absolute Gasteiger partial charge is 0.321 e. The molecule has 2 rings (SSSR count). The van der Waals surface area contributed by atoms with Gasteiger partial charge in [-0.05, 0) is 36.4 Å². The lowest BCUT2D eigenvalue weighted by molar-refractivity contribution is -0.204. The third kappa shape index (κ3) is 4.25. The summed E-state index contributed by atoms with van der Waals surface area (Å²) in [4.78, 5) is 23.2. The fourth-order valence-corrected chi connectivity index (χ4v) is 2.22. The highest BCUT2D eigenvalue weighted by molar-refractivity contribution is 6.31. The zero-order valence-corrected chi connectivity index (χ0v) is 14.2. The number of halogens is 6. The second-order valence-electron chi connectivity index (χ2n) is 5.08. The van der Waals surface area contributed by atoms with Crippen LogP contribution in [0, 0.1) is 0 Å². The van der Waals surface area contributed by atoms with Gasteiger partial charge >= 0.3 is 23.7 Å². The van der Waals surface area contributed by atoms with Crippen LogP contribution in [0.1, 0.15) is 0 Å². The average molecular weight is 409 g/mol. The fraction of sp³-hybridized carbons (Fsp3) is 0.125. The molecule has 0 saturated carbocycles. The van der Waals surface area contributed by atoms with Gasteiger partial charge in [0, 0.05) is 21.4 Å². The number of benzene rings is 2. The number of carbonyl (C=O) groups is 2. The summed E-state index contributed by atoms with van der Waals surface area (Å²) >= 11 is 11.2. The molecular weight excluding hydrogens is 399 g/mol. The molecule has 10 heteroatoms. The first-order valence-electron chi connectivity index (χ1n) is 6.93. The summed E-state index contributed by atoms with van der Waals surface area (Å²) in [7, 11) is 0. The molecule has 0 atom stereocenters. The zero-order chi connectivity index (χ0) is 19.5. The SMILES string of the molecule is O=C(Nc1cccc(Cl)c1)C(F)(F)C(F)(F)C(=O)Nc1cccc(Cl)c1. The molecule has 2 aromatic rings. The number of hydrogen-bond acceptors (Lipinski definition) is 2. The molecule has 0 aliphatic rings. The van der Waals surface area contributed by atoms with E-state index in [0.29, 0.717) is 0 Å². The number of amides is 2. The maximum atomic E-state index is 13.9. The molecule has 2 amide bonds. The molecule has 0 aliphatic heterocycles. The Morgan fingerprint density at radius 2 is 1.08 bits per heavy atom. The second kappa shape index (κ2) is 7.51. The molecule has 138 valence electrons. The van der Waals surface area contributed by atoms with Gasteiger partial charge in [-0.25, -0.2) is 0 Å². The number of alkyl halides is 4. The lowest BCUT2D eigenvalue weighted by Crippen LogP contribution is -2.56. The highest BCUT2D eigenvalue weighted by atomic mass is 35.5. The van der Waals surface area contributed by atoms with Crippen LogP contribution in [0.4, 0.5) is 28.9 Å². The molecular formula is C16H10Cl2F4N2O2. The minimum atomic E-state index is -5.32. The summed E-state index contributed by atoms with van der Waals surface area (Å²) < 4.78 is 55.7. The number of anilines is 2. The van der Waals surface area contributed by atoms with Crippen LogP contribution >= 0.6 is 23.2 Å². The lowest BCUT2D eigenvalue weighted by atomic mass is 10.1. The Hall–Kier alpha value is -2.32. The van der Waals surface area contributed by atoms with E-state index >= 15 is 0 Å². The summed E-state index contributed by atoms with van der Waals surface area (Å²) in [6, 6.07) is 9.93. The maximum Gasteiger partial charge on any atom is 0.396 e. The number of nitrogens with one attached hydrogen (secondary N) is 2. The van der Waals surface area contributed by atoms with Crippen LogP contribution in [0.25, 0.3) is 0 Å². The van der Waals surface area contributed by atoms with Gasteiger partial charge in [0.05, 0.1) is 0 Å². The Balaban J connectivity index is 2.18. The molecule has 0 bridgehead atoms. The number of hydrogen-bond donors (Lipinski definition) is 2. The molecule has 0 aromatic heterocycles. The van der Waals surface area contributed by atoms with Crippen LogP contribution in [0.3, 0.4) is 0 Å². The number of carbonyl (C=O) groups excluding carboxylic acids is 2. The predicted molar refractivity (Wildman–Crippen MR) is 90.1 cm³/mol. The first kappa shape index (κ1) is 20.0. The molecule has 0 heterocycles. The van der Waals surface area contributed by atoms with Crippen LogP contribution in [0.2, 0.25) is 10.0 Å². The Morgan fingerprint density at radius 3 is 1.38 bits per heavy atom. The van der Waals surface area contributed by atoms with E-state index in [-0.39, 0.29) is 21.4 Å². The van der Waals surface area contributed by atoms with Gasteiger partial charge in [-0.1, -0.05) is 35.3 Å². The van der Waals surface area contributed by atoms with E-state index in [4.69, 9.17) is 23.2 Å². The average Bonchev–Trinajstić information content (AvgIpc) is 2.54. The van der Waals surface area contributed by atoms with Crippen molar-refractivity contribution in [3.63, 3.8) is 0 Å². The van der Waals surface area contributed by atoms with E-state index in [1.54, 1.807) is 10.6 Å². The summed E-state index contributed by atoms with van der Waals surface area (Å²) in [6.07, 6.45) is 0. The Kier molecular flexibility index (Phi) is 5.77. The normalized spacial score (nSPS) is 11.8. The largest absolute Gasteiger partial charge is 0.396 e. The molecule has 0 saturated heterocycles.